The van der Waals surface area contributed by atoms with Crippen LogP contribution in [0.3, 0.4) is 0 Å². The van der Waals surface area contributed by atoms with Crippen molar-refractivity contribution in [1.29, 1.82) is 0 Å². The Labute approximate surface area is 136 Å². The summed E-state index contributed by atoms with van der Waals surface area (Å²) in [4.78, 5) is 14.0. The maximum Gasteiger partial charge on any atom is 0.414 e. The summed E-state index contributed by atoms with van der Waals surface area (Å²) < 4.78 is 5.47. The standard InChI is InChI=1S/C16H23N5O2/c1-16(2,3)23-15(22)21-8-4-5-12-9-11(6-7-13(12)21)10-19-20-14(17)18/h6-7,9-10H,4-5,8H2,1-3H3,(H4,17,18,20). The lowest BCUT2D eigenvalue weighted by Crippen LogP contribution is -2.39. The molecule has 0 fully saturated rings. The van der Waals surface area contributed by atoms with E-state index in [1.54, 1.807) is 11.1 Å². The fraction of sp³-hybridized carbons (Fsp3) is 0.438. The van der Waals surface area contributed by atoms with Gasteiger partial charge in [0.15, 0.2) is 0 Å². The Kier molecular flexibility index (Phi) is 4.88. The van der Waals surface area contributed by atoms with Crippen LogP contribution in [0.15, 0.2) is 28.4 Å². The van der Waals surface area contributed by atoms with Crippen LogP contribution in [0.25, 0.3) is 0 Å². The van der Waals surface area contributed by atoms with Gasteiger partial charge in [-0.1, -0.05) is 6.07 Å². The van der Waals surface area contributed by atoms with Crippen molar-refractivity contribution < 1.29 is 9.53 Å². The second kappa shape index (κ2) is 6.68. The van der Waals surface area contributed by atoms with Gasteiger partial charge in [-0.15, -0.1) is 5.10 Å². The van der Waals surface area contributed by atoms with Gasteiger partial charge >= 0.3 is 6.09 Å². The minimum atomic E-state index is -0.512. The molecule has 0 saturated carbocycles. The minimum Gasteiger partial charge on any atom is -0.443 e. The van der Waals surface area contributed by atoms with Crippen molar-refractivity contribution in [2.24, 2.45) is 21.7 Å². The van der Waals surface area contributed by atoms with Crippen LogP contribution >= 0.6 is 0 Å². The summed E-state index contributed by atoms with van der Waals surface area (Å²) in [5.41, 5.74) is 12.8. The van der Waals surface area contributed by atoms with Gasteiger partial charge in [-0.2, -0.15) is 5.10 Å². The molecule has 1 amide bonds. The van der Waals surface area contributed by atoms with Gasteiger partial charge in [0, 0.05) is 6.54 Å². The average molecular weight is 317 g/mol. The molecule has 124 valence electrons. The first kappa shape index (κ1) is 16.8. The molecule has 1 aromatic rings. The highest BCUT2D eigenvalue weighted by Gasteiger charge is 2.27. The van der Waals surface area contributed by atoms with Gasteiger partial charge in [-0.05, 0) is 56.9 Å². The number of anilines is 1. The molecule has 0 bridgehead atoms. The fourth-order valence-electron chi connectivity index (χ4n) is 2.37. The zero-order chi connectivity index (χ0) is 17.0. The van der Waals surface area contributed by atoms with Crippen molar-refractivity contribution in [2.45, 2.75) is 39.2 Å². The summed E-state index contributed by atoms with van der Waals surface area (Å²) in [6.45, 7) is 6.24. The Morgan fingerprint density at radius 3 is 2.74 bits per heavy atom. The highest BCUT2D eigenvalue weighted by atomic mass is 16.6. The number of hydrogen-bond donors (Lipinski definition) is 2. The molecule has 0 unspecified atom stereocenters. The molecule has 0 aliphatic carbocycles. The van der Waals surface area contributed by atoms with E-state index in [4.69, 9.17) is 16.2 Å². The number of benzene rings is 1. The van der Waals surface area contributed by atoms with E-state index in [1.165, 1.54) is 0 Å². The number of ether oxygens (including phenoxy) is 1. The van der Waals surface area contributed by atoms with Crippen molar-refractivity contribution in [3.8, 4) is 0 Å². The van der Waals surface area contributed by atoms with Crippen LogP contribution < -0.4 is 16.4 Å². The Morgan fingerprint density at radius 2 is 2.09 bits per heavy atom. The van der Waals surface area contributed by atoms with Crippen LogP contribution in [-0.4, -0.2) is 30.4 Å². The van der Waals surface area contributed by atoms with Crippen molar-refractivity contribution in [1.82, 2.24) is 0 Å². The van der Waals surface area contributed by atoms with Gasteiger partial charge in [0.1, 0.15) is 5.60 Å². The van der Waals surface area contributed by atoms with Crippen molar-refractivity contribution >= 4 is 24.0 Å². The smallest absolute Gasteiger partial charge is 0.414 e. The Balaban J connectivity index is 2.21. The molecule has 0 aromatic heterocycles. The molecular weight excluding hydrogens is 294 g/mol. The normalized spacial score (nSPS) is 14.5. The molecule has 1 heterocycles. The molecule has 7 nitrogen and oxygen atoms in total. The van der Waals surface area contributed by atoms with Gasteiger partial charge in [-0.3, -0.25) is 4.90 Å². The monoisotopic (exact) mass is 317 g/mol. The molecule has 0 spiro atoms. The number of amides is 1. The van der Waals surface area contributed by atoms with Gasteiger partial charge in [0.2, 0.25) is 5.96 Å². The molecule has 1 aromatic carbocycles. The number of fused-ring (bicyclic) bond motifs is 1. The molecule has 4 N–H and O–H groups in total. The predicted octanol–water partition coefficient (Wildman–Crippen LogP) is 1.98. The van der Waals surface area contributed by atoms with Crippen LogP contribution in [0.4, 0.5) is 10.5 Å². The van der Waals surface area contributed by atoms with E-state index in [9.17, 15) is 4.79 Å². The first-order valence-electron chi connectivity index (χ1n) is 7.52. The number of carbonyl (C=O) groups excluding carboxylic acids is 1. The largest absolute Gasteiger partial charge is 0.443 e. The molecule has 23 heavy (non-hydrogen) atoms. The number of carbonyl (C=O) groups is 1. The molecule has 2 rings (SSSR count). The second-order valence-electron chi connectivity index (χ2n) is 6.39. The van der Waals surface area contributed by atoms with Crippen molar-refractivity contribution in [3.05, 3.63) is 29.3 Å². The topological polar surface area (TPSA) is 106 Å². The summed E-state index contributed by atoms with van der Waals surface area (Å²) in [7, 11) is 0. The molecule has 7 heteroatoms. The molecule has 0 radical (unpaired) electrons. The minimum absolute atomic E-state index is 0.0877. The van der Waals surface area contributed by atoms with E-state index in [0.29, 0.717) is 6.54 Å². The molecule has 0 atom stereocenters. The molecule has 1 aliphatic heterocycles. The second-order valence-corrected chi connectivity index (χ2v) is 6.39. The van der Waals surface area contributed by atoms with Crippen molar-refractivity contribution in [2.75, 3.05) is 11.4 Å². The maximum absolute atomic E-state index is 12.3. The fourth-order valence-corrected chi connectivity index (χ4v) is 2.37. The predicted molar refractivity (Wildman–Crippen MR) is 91.7 cm³/mol. The average Bonchev–Trinajstić information content (AvgIpc) is 2.44. The van der Waals surface area contributed by atoms with Gasteiger partial charge < -0.3 is 16.2 Å². The highest BCUT2D eigenvalue weighted by molar-refractivity contribution is 5.91. The van der Waals surface area contributed by atoms with Crippen LogP contribution in [0.2, 0.25) is 0 Å². The summed E-state index contributed by atoms with van der Waals surface area (Å²) in [5, 5.41) is 7.37. The third-order valence-corrected chi connectivity index (χ3v) is 3.22. The van der Waals surface area contributed by atoms with Gasteiger partial charge in [0.25, 0.3) is 0 Å². The first-order chi connectivity index (χ1) is 10.8. The first-order valence-corrected chi connectivity index (χ1v) is 7.52. The summed E-state index contributed by atoms with van der Waals surface area (Å²) in [5.74, 6) is -0.0877. The van der Waals surface area contributed by atoms with Gasteiger partial charge in [-0.25, -0.2) is 4.79 Å². The van der Waals surface area contributed by atoms with E-state index in [1.807, 2.05) is 39.0 Å². The third-order valence-electron chi connectivity index (χ3n) is 3.22. The van der Waals surface area contributed by atoms with E-state index in [-0.39, 0.29) is 12.1 Å². The zero-order valence-electron chi connectivity index (χ0n) is 13.7. The number of guanidine groups is 1. The lowest BCUT2D eigenvalue weighted by atomic mass is 10.00. The maximum atomic E-state index is 12.3. The Morgan fingerprint density at radius 1 is 1.35 bits per heavy atom. The van der Waals surface area contributed by atoms with E-state index < -0.39 is 5.60 Å². The lowest BCUT2D eigenvalue weighted by molar-refractivity contribution is 0.0578. The number of aryl methyl sites for hydroxylation is 1. The van der Waals surface area contributed by atoms with E-state index in [2.05, 4.69) is 10.2 Å². The van der Waals surface area contributed by atoms with Crippen LogP contribution in [0.1, 0.15) is 38.3 Å². The zero-order valence-corrected chi connectivity index (χ0v) is 13.7. The quantitative estimate of drug-likeness (QED) is 0.494. The van der Waals surface area contributed by atoms with E-state index in [0.717, 1.165) is 29.7 Å². The molecule has 1 aliphatic rings. The van der Waals surface area contributed by atoms with E-state index >= 15 is 0 Å². The SMILES string of the molecule is CC(C)(C)OC(=O)N1CCCc2cc(C=NN=C(N)N)ccc21. The number of hydrogen-bond acceptors (Lipinski definition) is 4. The number of nitrogens with zero attached hydrogens (tertiary/aromatic N) is 3. The highest BCUT2D eigenvalue weighted by Crippen LogP contribution is 2.29. The van der Waals surface area contributed by atoms with Crippen LogP contribution in [-0.2, 0) is 11.2 Å². The number of rotatable bonds is 2. The Hall–Kier alpha value is -2.57. The molecule has 0 saturated heterocycles. The van der Waals surface area contributed by atoms with Gasteiger partial charge in [0.05, 0.1) is 11.9 Å². The third kappa shape index (κ3) is 4.70. The summed E-state index contributed by atoms with van der Waals surface area (Å²) in [6, 6.07) is 5.75. The van der Waals surface area contributed by atoms with Crippen LogP contribution in [0, 0.1) is 0 Å². The van der Waals surface area contributed by atoms with Crippen molar-refractivity contribution in [3.63, 3.8) is 0 Å². The Bertz CT molecular complexity index is 642. The molecular formula is C16H23N5O2. The van der Waals surface area contributed by atoms with Crippen LogP contribution in [0.5, 0.6) is 0 Å². The summed E-state index contributed by atoms with van der Waals surface area (Å²) >= 11 is 0. The number of nitrogens with two attached hydrogens (primary N) is 2. The lowest BCUT2D eigenvalue weighted by Gasteiger charge is -2.31. The summed E-state index contributed by atoms with van der Waals surface area (Å²) in [6.07, 6.45) is 3.05.